The number of rotatable bonds is 8. The zero-order valence-corrected chi connectivity index (χ0v) is 20.5. The highest BCUT2D eigenvalue weighted by atomic mass is 79.9. The van der Waals surface area contributed by atoms with Crippen LogP contribution >= 0.6 is 15.9 Å². The van der Waals surface area contributed by atoms with Gasteiger partial charge in [-0.05, 0) is 52.9 Å². The zero-order chi connectivity index (χ0) is 24.0. The van der Waals surface area contributed by atoms with Gasteiger partial charge in [0.25, 0.3) is 0 Å². The predicted molar refractivity (Wildman–Crippen MR) is 128 cm³/mol. The van der Waals surface area contributed by atoms with Crippen LogP contribution in [0, 0.1) is 5.82 Å². The Hall–Kier alpha value is -2.20. The normalized spacial score (nSPS) is 20.3. The van der Waals surface area contributed by atoms with Crippen LogP contribution in [0.5, 0.6) is 5.75 Å². The van der Waals surface area contributed by atoms with Gasteiger partial charge in [0, 0.05) is 25.7 Å². The number of carbonyl (C=O) groups is 1. The molecule has 2 aromatic rings. The summed E-state index contributed by atoms with van der Waals surface area (Å²) in [6.45, 7) is 2.30. The molecule has 0 aromatic heterocycles. The van der Waals surface area contributed by atoms with Gasteiger partial charge in [0.2, 0.25) is 0 Å². The first-order valence-corrected chi connectivity index (χ1v) is 12.3. The maximum absolute atomic E-state index is 14.0. The fourth-order valence-electron chi connectivity index (χ4n) is 4.37. The summed E-state index contributed by atoms with van der Waals surface area (Å²) >= 11 is 3.12. The standard InChI is InChI=1S/C25H30BrFN2O5/c26-21-7-4-8-22(23(21)27)32-17-20(30)14-28-19-13-25(34-16-19)9-11-29(12-10-25)24(31)33-15-18-5-2-1-3-6-18/h1-8,19-20,28,30H,9-17H2/t19-,20-/m0/s1. The molecule has 2 saturated heterocycles. The molecule has 1 spiro atoms. The molecule has 2 fully saturated rings. The van der Waals surface area contributed by atoms with Crippen molar-refractivity contribution < 1.29 is 28.5 Å². The molecule has 2 aromatic carbocycles. The third-order valence-corrected chi connectivity index (χ3v) is 6.95. The Balaban J connectivity index is 1.15. The van der Waals surface area contributed by atoms with Crippen LogP contribution in [-0.4, -0.2) is 66.7 Å². The summed E-state index contributed by atoms with van der Waals surface area (Å²) in [5, 5.41) is 13.6. The molecule has 0 unspecified atom stereocenters. The number of amides is 1. The van der Waals surface area contributed by atoms with Crippen molar-refractivity contribution in [2.24, 2.45) is 0 Å². The topological polar surface area (TPSA) is 80.3 Å². The number of piperidine rings is 1. The van der Waals surface area contributed by atoms with Gasteiger partial charge in [-0.3, -0.25) is 0 Å². The highest BCUT2D eigenvalue weighted by Crippen LogP contribution is 2.36. The van der Waals surface area contributed by atoms with Crippen LogP contribution in [0.25, 0.3) is 0 Å². The van der Waals surface area contributed by atoms with Crippen molar-refractivity contribution in [2.75, 3.05) is 32.8 Å². The quantitative estimate of drug-likeness (QED) is 0.533. The van der Waals surface area contributed by atoms with Crippen molar-refractivity contribution in [3.05, 3.63) is 64.4 Å². The van der Waals surface area contributed by atoms with E-state index in [9.17, 15) is 14.3 Å². The molecule has 2 aliphatic heterocycles. The molecule has 0 saturated carbocycles. The third kappa shape index (κ3) is 6.47. The Kier molecular flexibility index (Phi) is 8.41. The van der Waals surface area contributed by atoms with Gasteiger partial charge < -0.3 is 29.5 Å². The van der Waals surface area contributed by atoms with Gasteiger partial charge in [-0.1, -0.05) is 36.4 Å². The van der Waals surface area contributed by atoms with E-state index >= 15 is 0 Å². The highest BCUT2D eigenvalue weighted by molar-refractivity contribution is 9.10. The lowest BCUT2D eigenvalue weighted by Gasteiger charge is -2.38. The Labute approximate surface area is 207 Å². The average Bonchev–Trinajstić information content (AvgIpc) is 3.25. The van der Waals surface area contributed by atoms with E-state index in [0.29, 0.717) is 30.7 Å². The van der Waals surface area contributed by atoms with Gasteiger partial charge in [-0.15, -0.1) is 0 Å². The first-order chi connectivity index (χ1) is 16.4. The SMILES string of the molecule is O=C(OCc1ccccc1)N1CCC2(CC1)C[C@H](NC[C@H](O)COc1cccc(Br)c1F)CO2. The molecular weight excluding hydrogens is 507 g/mol. The predicted octanol–water partition coefficient (Wildman–Crippen LogP) is 3.88. The van der Waals surface area contributed by atoms with E-state index in [4.69, 9.17) is 14.2 Å². The molecule has 4 rings (SSSR count). The monoisotopic (exact) mass is 536 g/mol. The molecule has 2 atom stereocenters. The van der Waals surface area contributed by atoms with Crippen molar-refractivity contribution in [3.8, 4) is 5.75 Å². The van der Waals surface area contributed by atoms with Gasteiger partial charge in [-0.25, -0.2) is 9.18 Å². The van der Waals surface area contributed by atoms with Gasteiger partial charge in [0.1, 0.15) is 19.3 Å². The molecule has 2 aliphatic rings. The molecular formula is C25H30BrFN2O5. The average molecular weight is 537 g/mol. The molecule has 2 N–H and O–H groups in total. The largest absolute Gasteiger partial charge is 0.488 e. The van der Waals surface area contributed by atoms with E-state index in [2.05, 4.69) is 21.2 Å². The van der Waals surface area contributed by atoms with Crippen LogP contribution in [0.3, 0.4) is 0 Å². The summed E-state index contributed by atoms with van der Waals surface area (Å²) in [6, 6.07) is 14.5. The summed E-state index contributed by atoms with van der Waals surface area (Å²) in [7, 11) is 0. The molecule has 0 radical (unpaired) electrons. The van der Waals surface area contributed by atoms with Crippen LogP contribution in [0.2, 0.25) is 0 Å². The van der Waals surface area contributed by atoms with Crippen molar-refractivity contribution in [1.29, 1.82) is 0 Å². The number of ether oxygens (including phenoxy) is 3. The molecule has 1 amide bonds. The van der Waals surface area contributed by atoms with E-state index in [-0.39, 0.29) is 36.7 Å². The second-order valence-electron chi connectivity index (χ2n) is 8.85. The van der Waals surface area contributed by atoms with Crippen LogP contribution < -0.4 is 10.1 Å². The van der Waals surface area contributed by atoms with E-state index < -0.39 is 11.9 Å². The number of nitrogens with one attached hydrogen (secondary N) is 1. The summed E-state index contributed by atoms with van der Waals surface area (Å²) < 4.78 is 31.3. The van der Waals surface area contributed by atoms with E-state index in [1.165, 1.54) is 6.07 Å². The smallest absolute Gasteiger partial charge is 0.410 e. The third-order valence-electron chi connectivity index (χ3n) is 6.34. The Morgan fingerprint density at radius 3 is 2.76 bits per heavy atom. The Morgan fingerprint density at radius 2 is 2.00 bits per heavy atom. The zero-order valence-electron chi connectivity index (χ0n) is 18.9. The number of hydrogen-bond acceptors (Lipinski definition) is 6. The summed E-state index contributed by atoms with van der Waals surface area (Å²) in [5.74, 6) is -0.380. The summed E-state index contributed by atoms with van der Waals surface area (Å²) in [4.78, 5) is 14.1. The lowest BCUT2D eigenvalue weighted by atomic mass is 9.87. The first-order valence-electron chi connectivity index (χ1n) is 11.5. The van der Waals surface area contributed by atoms with Crippen molar-refractivity contribution in [1.82, 2.24) is 10.2 Å². The molecule has 34 heavy (non-hydrogen) atoms. The second-order valence-corrected chi connectivity index (χ2v) is 9.70. The number of nitrogens with zero attached hydrogens (tertiary/aromatic N) is 1. The van der Waals surface area contributed by atoms with Crippen molar-refractivity contribution >= 4 is 22.0 Å². The van der Waals surface area contributed by atoms with Gasteiger partial charge in [-0.2, -0.15) is 0 Å². The minimum atomic E-state index is -0.781. The van der Waals surface area contributed by atoms with E-state index in [0.717, 1.165) is 24.8 Å². The minimum Gasteiger partial charge on any atom is -0.488 e. The molecule has 0 aliphatic carbocycles. The molecule has 9 heteroatoms. The van der Waals surface area contributed by atoms with Crippen molar-refractivity contribution in [3.63, 3.8) is 0 Å². The molecule has 7 nitrogen and oxygen atoms in total. The number of hydrogen-bond donors (Lipinski definition) is 2. The van der Waals surface area contributed by atoms with Gasteiger partial charge in [0.05, 0.1) is 16.7 Å². The Morgan fingerprint density at radius 1 is 1.24 bits per heavy atom. The summed E-state index contributed by atoms with van der Waals surface area (Å²) in [5.41, 5.74) is 0.709. The fraction of sp³-hybridized carbons (Fsp3) is 0.480. The number of benzene rings is 2. The number of aliphatic hydroxyl groups excluding tert-OH is 1. The molecule has 184 valence electrons. The number of carbonyl (C=O) groups excluding carboxylic acids is 1. The van der Waals surface area contributed by atoms with Crippen molar-refractivity contribution in [2.45, 2.75) is 43.6 Å². The lowest BCUT2D eigenvalue weighted by molar-refractivity contribution is -0.0422. The highest BCUT2D eigenvalue weighted by Gasteiger charge is 2.43. The van der Waals surface area contributed by atoms with Crippen LogP contribution in [0.4, 0.5) is 9.18 Å². The molecule has 0 bridgehead atoms. The van der Waals surface area contributed by atoms with E-state index in [1.54, 1.807) is 17.0 Å². The lowest BCUT2D eigenvalue weighted by Crippen LogP contribution is -2.47. The molecule has 2 heterocycles. The number of halogens is 2. The first kappa shape index (κ1) is 24.9. The Bertz CT molecular complexity index is 956. The van der Waals surface area contributed by atoms with Gasteiger partial charge in [0.15, 0.2) is 11.6 Å². The number of aliphatic hydroxyl groups is 1. The van der Waals surface area contributed by atoms with Crippen LogP contribution in [0.1, 0.15) is 24.8 Å². The maximum Gasteiger partial charge on any atom is 0.410 e. The van der Waals surface area contributed by atoms with Crippen LogP contribution in [-0.2, 0) is 16.1 Å². The number of likely N-dealkylation sites (tertiary alicyclic amines) is 1. The van der Waals surface area contributed by atoms with Gasteiger partial charge >= 0.3 is 6.09 Å². The second kappa shape index (κ2) is 11.5. The minimum absolute atomic E-state index is 0.0147. The maximum atomic E-state index is 14.0. The van der Waals surface area contributed by atoms with E-state index in [1.807, 2.05) is 30.3 Å². The fourth-order valence-corrected chi connectivity index (χ4v) is 4.72. The van der Waals surface area contributed by atoms with Crippen LogP contribution in [0.15, 0.2) is 53.0 Å². The summed E-state index contributed by atoms with van der Waals surface area (Å²) in [6.07, 6.45) is 1.24.